The minimum absolute atomic E-state index is 0.0397. The molecule has 4 nitrogen and oxygen atoms in total. The predicted molar refractivity (Wildman–Crippen MR) is 80.1 cm³/mol. The zero-order chi connectivity index (χ0) is 14.8. The molecule has 0 bridgehead atoms. The maximum Gasteiger partial charge on any atom is 0.340 e. The van der Waals surface area contributed by atoms with E-state index in [1.807, 2.05) is 24.3 Å². The number of hydrogen-bond acceptors (Lipinski definition) is 5. The van der Waals surface area contributed by atoms with Gasteiger partial charge in [-0.15, -0.1) is 11.8 Å². The summed E-state index contributed by atoms with van der Waals surface area (Å²) in [7, 11) is 0. The van der Waals surface area contributed by atoms with Gasteiger partial charge in [0.1, 0.15) is 18.1 Å². The fraction of sp³-hybridized carbons (Fsp3) is 0.250. The average Bonchev–Trinajstić information content (AvgIpc) is 2.90. The Labute approximate surface area is 126 Å². The van der Waals surface area contributed by atoms with Gasteiger partial charge in [-0.25, -0.2) is 4.79 Å². The van der Waals surface area contributed by atoms with Crippen LogP contribution in [-0.2, 0) is 4.79 Å². The van der Waals surface area contributed by atoms with Crippen molar-refractivity contribution in [3.05, 3.63) is 58.1 Å². The molecule has 1 aromatic heterocycles. The quantitative estimate of drug-likeness (QED) is 0.869. The maximum atomic E-state index is 12.3. The molecular weight excluding hydrogens is 288 g/mol. The van der Waals surface area contributed by atoms with Gasteiger partial charge in [-0.1, -0.05) is 18.2 Å². The number of carbonyl (C=O) groups excluding carboxylic acids is 1. The van der Waals surface area contributed by atoms with E-state index in [1.54, 1.807) is 19.1 Å². The van der Waals surface area contributed by atoms with Crippen LogP contribution in [0.3, 0.4) is 0 Å². The van der Waals surface area contributed by atoms with E-state index in [0.717, 1.165) is 4.90 Å². The molecule has 0 N–H and O–H groups in total. The predicted octanol–water partition coefficient (Wildman–Crippen LogP) is 2.79. The number of aryl methyl sites for hydroxylation is 1. The van der Waals surface area contributed by atoms with Crippen LogP contribution in [0.25, 0.3) is 0 Å². The lowest BCUT2D eigenvalue weighted by molar-refractivity contribution is -0.122. The second-order valence-electron chi connectivity index (χ2n) is 4.85. The Morgan fingerprint density at radius 2 is 2.14 bits per heavy atom. The second-order valence-corrected chi connectivity index (χ2v) is 5.92. The zero-order valence-electron chi connectivity index (χ0n) is 11.5. The van der Waals surface area contributed by atoms with Gasteiger partial charge in [-0.2, -0.15) is 0 Å². The number of ether oxygens (including phenoxy) is 1. The minimum atomic E-state index is -0.439. The summed E-state index contributed by atoms with van der Waals surface area (Å²) in [5.41, 5.74) is 0.0697. The molecule has 1 aliphatic heterocycles. The van der Waals surface area contributed by atoms with Gasteiger partial charge < -0.3 is 9.15 Å². The van der Waals surface area contributed by atoms with Crippen molar-refractivity contribution in [2.75, 3.05) is 12.4 Å². The van der Waals surface area contributed by atoms with Crippen LogP contribution >= 0.6 is 11.8 Å². The molecule has 0 radical (unpaired) electrons. The van der Waals surface area contributed by atoms with Crippen LogP contribution in [0.1, 0.15) is 17.2 Å². The lowest BCUT2D eigenvalue weighted by atomic mass is 9.99. The third-order valence-corrected chi connectivity index (χ3v) is 4.49. The van der Waals surface area contributed by atoms with Gasteiger partial charge >= 0.3 is 5.63 Å². The first-order valence-electron chi connectivity index (χ1n) is 6.63. The van der Waals surface area contributed by atoms with Gasteiger partial charge in [0.2, 0.25) is 0 Å². The normalized spacial score (nSPS) is 16.5. The zero-order valence-corrected chi connectivity index (χ0v) is 12.3. The first-order valence-corrected chi connectivity index (χ1v) is 7.61. The number of thioether (sulfide) groups is 1. The standard InChI is InChI=1S/C16H14O4S/c1-10-7-14-15(16(18)20-10)12(9-21-14)13(17)8-19-11-5-3-2-4-6-11/h2-7,12H,8-9H2,1H3. The highest BCUT2D eigenvalue weighted by atomic mass is 32.2. The number of fused-ring (bicyclic) bond motifs is 1. The van der Waals surface area contributed by atoms with Crippen LogP contribution in [0.2, 0.25) is 0 Å². The first kappa shape index (κ1) is 13.9. The van der Waals surface area contributed by atoms with E-state index in [9.17, 15) is 9.59 Å². The molecule has 0 spiro atoms. The number of hydrogen-bond donors (Lipinski definition) is 0. The van der Waals surface area contributed by atoms with Gasteiger partial charge in [0.05, 0.1) is 11.5 Å². The molecule has 2 heterocycles. The highest BCUT2D eigenvalue weighted by molar-refractivity contribution is 7.99. The Kier molecular flexibility index (Phi) is 3.84. The Bertz CT molecular complexity index is 721. The molecule has 2 aromatic rings. The summed E-state index contributed by atoms with van der Waals surface area (Å²) in [6.07, 6.45) is 0. The van der Waals surface area contributed by atoms with E-state index in [2.05, 4.69) is 0 Å². The summed E-state index contributed by atoms with van der Waals surface area (Å²) >= 11 is 1.52. The molecule has 1 aliphatic rings. The van der Waals surface area contributed by atoms with Crippen LogP contribution < -0.4 is 10.4 Å². The Morgan fingerprint density at radius 1 is 1.38 bits per heavy atom. The SMILES string of the molecule is Cc1cc2c(c(=O)o1)C(C(=O)COc1ccccc1)CS2. The molecule has 0 fully saturated rings. The van der Waals surface area contributed by atoms with Crippen molar-refractivity contribution < 1.29 is 13.9 Å². The van der Waals surface area contributed by atoms with Crippen molar-refractivity contribution in [2.24, 2.45) is 0 Å². The molecule has 3 rings (SSSR count). The topological polar surface area (TPSA) is 56.5 Å². The summed E-state index contributed by atoms with van der Waals surface area (Å²) in [4.78, 5) is 25.1. The van der Waals surface area contributed by atoms with E-state index in [4.69, 9.17) is 9.15 Å². The second kappa shape index (κ2) is 5.77. The number of Topliss-reactive ketones (excluding diaryl/α,β-unsaturated/α-hetero) is 1. The Hall–Kier alpha value is -2.01. The highest BCUT2D eigenvalue weighted by Crippen LogP contribution is 2.38. The van der Waals surface area contributed by atoms with E-state index < -0.39 is 11.5 Å². The van der Waals surface area contributed by atoms with Crippen molar-refractivity contribution >= 4 is 17.5 Å². The van der Waals surface area contributed by atoms with Crippen LogP contribution in [0.4, 0.5) is 0 Å². The fourth-order valence-corrected chi connectivity index (χ4v) is 3.64. The van der Waals surface area contributed by atoms with Crippen molar-refractivity contribution in [1.29, 1.82) is 0 Å². The van der Waals surface area contributed by atoms with E-state index in [-0.39, 0.29) is 12.4 Å². The van der Waals surface area contributed by atoms with Gasteiger partial charge in [0.25, 0.3) is 0 Å². The maximum absolute atomic E-state index is 12.3. The van der Waals surface area contributed by atoms with Gasteiger partial charge in [-0.05, 0) is 25.1 Å². The number of para-hydroxylation sites is 1. The van der Waals surface area contributed by atoms with Gasteiger partial charge in [0, 0.05) is 10.6 Å². The highest BCUT2D eigenvalue weighted by Gasteiger charge is 2.33. The Balaban J connectivity index is 1.75. The van der Waals surface area contributed by atoms with Crippen LogP contribution in [0.5, 0.6) is 5.75 Å². The largest absolute Gasteiger partial charge is 0.486 e. The minimum Gasteiger partial charge on any atom is -0.486 e. The average molecular weight is 302 g/mol. The molecule has 108 valence electrons. The van der Waals surface area contributed by atoms with Gasteiger partial charge in [-0.3, -0.25) is 4.79 Å². The molecule has 0 saturated heterocycles. The van der Waals surface area contributed by atoms with E-state index in [1.165, 1.54) is 11.8 Å². The summed E-state index contributed by atoms with van der Waals surface area (Å²) in [5.74, 6) is 1.25. The third-order valence-electron chi connectivity index (χ3n) is 3.34. The molecule has 5 heteroatoms. The fourth-order valence-electron chi connectivity index (χ4n) is 2.31. The lowest BCUT2D eigenvalue weighted by Gasteiger charge is -2.10. The number of rotatable bonds is 4. The number of benzene rings is 1. The monoisotopic (exact) mass is 302 g/mol. The first-order chi connectivity index (χ1) is 10.1. The molecular formula is C16H14O4S. The number of carbonyl (C=O) groups is 1. The van der Waals surface area contributed by atoms with Crippen LogP contribution in [0, 0.1) is 6.92 Å². The van der Waals surface area contributed by atoms with Gasteiger partial charge in [0.15, 0.2) is 5.78 Å². The smallest absolute Gasteiger partial charge is 0.340 e. The molecule has 0 saturated carbocycles. The number of ketones is 1. The van der Waals surface area contributed by atoms with Crippen molar-refractivity contribution in [1.82, 2.24) is 0 Å². The summed E-state index contributed by atoms with van der Waals surface area (Å²) in [6, 6.07) is 11.0. The van der Waals surface area contributed by atoms with Crippen LogP contribution in [-0.4, -0.2) is 18.1 Å². The molecule has 1 atom stereocenters. The molecule has 21 heavy (non-hydrogen) atoms. The summed E-state index contributed by atoms with van der Waals surface area (Å²) in [6.45, 7) is 1.69. The molecule has 1 aromatic carbocycles. The van der Waals surface area contributed by atoms with Crippen molar-refractivity contribution in [3.63, 3.8) is 0 Å². The lowest BCUT2D eigenvalue weighted by Crippen LogP contribution is -2.24. The van der Waals surface area contributed by atoms with Crippen LogP contribution in [0.15, 0.2) is 50.5 Å². The summed E-state index contributed by atoms with van der Waals surface area (Å²) < 4.78 is 10.6. The Morgan fingerprint density at radius 3 is 2.90 bits per heavy atom. The molecule has 1 unspecified atom stereocenters. The molecule has 0 amide bonds. The van der Waals surface area contributed by atoms with Crippen molar-refractivity contribution in [3.8, 4) is 5.75 Å². The third kappa shape index (κ3) is 2.88. The van der Waals surface area contributed by atoms with Crippen molar-refractivity contribution in [2.45, 2.75) is 17.7 Å². The summed E-state index contributed by atoms with van der Waals surface area (Å²) in [5, 5.41) is 0. The van der Waals surface area contributed by atoms with E-state index >= 15 is 0 Å². The van der Waals surface area contributed by atoms with E-state index in [0.29, 0.717) is 22.8 Å². The molecule has 0 aliphatic carbocycles.